The Balaban J connectivity index is 2.77. The summed E-state index contributed by atoms with van der Waals surface area (Å²) in [5.41, 5.74) is -0.754. The van der Waals surface area contributed by atoms with Gasteiger partial charge in [-0.05, 0) is 25.1 Å². The van der Waals surface area contributed by atoms with Gasteiger partial charge in [0.1, 0.15) is 0 Å². The maximum Gasteiger partial charge on any atom is 0.416 e. The van der Waals surface area contributed by atoms with Crippen molar-refractivity contribution in [2.45, 2.75) is 19.5 Å². The lowest BCUT2D eigenvalue weighted by Gasteiger charge is -2.20. The van der Waals surface area contributed by atoms with Gasteiger partial charge in [0.05, 0.1) is 18.1 Å². The van der Waals surface area contributed by atoms with Crippen molar-refractivity contribution in [3.05, 3.63) is 29.8 Å². The zero-order valence-electron chi connectivity index (χ0n) is 10.9. The molecule has 0 fully saturated rings. The second-order valence-electron chi connectivity index (χ2n) is 4.00. The molecule has 7 heteroatoms. The van der Waals surface area contributed by atoms with Gasteiger partial charge < -0.3 is 10.2 Å². The number of rotatable bonds is 4. The third-order valence-corrected chi connectivity index (χ3v) is 2.60. The van der Waals surface area contributed by atoms with Crippen LogP contribution in [0.25, 0.3) is 0 Å². The van der Waals surface area contributed by atoms with E-state index in [2.05, 4.69) is 5.32 Å². The summed E-state index contributed by atoms with van der Waals surface area (Å²) in [5, 5.41) is 10.9. The number of nitriles is 1. The number of amides is 2. The Morgan fingerprint density at radius 3 is 2.70 bits per heavy atom. The number of carbonyl (C=O) groups is 1. The molecule has 0 unspecified atom stereocenters. The molecule has 1 aromatic rings. The third kappa shape index (κ3) is 4.46. The van der Waals surface area contributed by atoms with Gasteiger partial charge in [0.25, 0.3) is 0 Å². The van der Waals surface area contributed by atoms with Crippen LogP contribution >= 0.6 is 0 Å². The van der Waals surface area contributed by atoms with Crippen molar-refractivity contribution in [2.75, 3.05) is 18.4 Å². The van der Waals surface area contributed by atoms with Crippen LogP contribution in [0.15, 0.2) is 24.3 Å². The van der Waals surface area contributed by atoms with Crippen molar-refractivity contribution >= 4 is 11.7 Å². The van der Waals surface area contributed by atoms with Crippen molar-refractivity contribution in [1.29, 1.82) is 5.26 Å². The molecule has 20 heavy (non-hydrogen) atoms. The van der Waals surface area contributed by atoms with E-state index in [4.69, 9.17) is 5.26 Å². The summed E-state index contributed by atoms with van der Waals surface area (Å²) in [4.78, 5) is 13.2. The Labute approximate surface area is 114 Å². The number of hydrogen-bond acceptors (Lipinski definition) is 2. The van der Waals surface area contributed by atoms with E-state index < -0.39 is 17.8 Å². The number of nitrogens with one attached hydrogen (secondary N) is 1. The van der Waals surface area contributed by atoms with Gasteiger partial charge in [-0.25, -0.2) is 4.79 Å². The summed E-state index contributed by atoms with van der Waals surface area (Å²) in [7, 11) is 0. The van der Waals surface area contributed by atoms with Gasteiger partial charge in [0, 0.05) is 18.8 Å². The maximum atomic E-state index is 12.5. The number of benzene rings is 1. The quantitative estimate of drug-likeness (QED) is 0.920. The fourth-order valence-electron chi connectivity index (χ4n) is 1.56. The highest BCUT2D eigenvalue weighted by Crippen LogP contribution is 2.30. The zero-order valence-corrected chi connectivity index (χ0v) is 10.9. The van der Waals surface area contributed by atoms with Gasteiger partial charge >= 0.3 is 12.2 Å². The number of alkyl halides is 3. The molecule has 0 aliphatic heterocycles. The molecule has 1 aromatic carbocycles. The largest absolute Gasteiger partial charge is 0.416 e. The van der Waals surface area contributed by atoms with Crippen LogP contribution in [0.3, 0.4) is 0 Å². The van der Waals surface area contributed by atoms with Crippen LogP contribution in [-0.2, 0) is 6.18 Å². The first-order chi connectivity index (χ1) is 9.38. The normalized spacial score (nSPS) is 10.8. The molecule has 0 saturated heterocycles. The molecule has 0 aliphatic rings. The Kier molecular flexibility index (Phi) is 5.38. The second kappa shape index (κ2) is 6.80. The minimum atomic E-state index is -4.45. The van der Waals surface area contributed by atoms with Crippen molar-refractivity contribution in [2.24, 2.45) is 0 Å². The lowest BCUT2D eigenvalue weighted by molar-refractivity contribution is -0.137. The average molecular weight is 285 g/mol. The van der Waals surface area contributed by atoms with Crippen molar-refractivity contribution in [3.8, 4) is 6.07 Å². The highest BCUT2D eigenvalue weighted by Gasteiger charge is 2.30. The maximum absolute atomic E-state index is 12.5. The highest BCUT2D eigenvalue weighted by molar-refractivity contribution is 5.89. The molecule has 0 spiro atoms. The predicted molar refractivity (Wildman–Crippen MR) is 67.9 cm³/mol. The minimum absolute atomic E-state index is 0.0697. The molecular weight excluding hydrogens is 271 g/mol. The number of carbonyl (C=O) groups excluding carboxylic acids is 1. The Bertz CT molecular complexity index is 508. The molecule has 0 bridgehead atoms. The first kappa shape index (κ1) is 15.8. The molecule has 1 N–H and O–H groups in total. The number of halogens is 3. The molecule has 108 valence electrons. The van der Waals surface area contributed by atoms with Crippen LogP contribution < -0.4 is 5.32 Å². The number of urea groups is 1. The van der Waals surface area contributed by atoms with E-state index in [9.17, 15) is 18.0 Å². The SMILES string of the molecule is CCN(CCC#N)C(=O)Nc1cccc(C(F)(F)F)c1. The van der Waals surface area contributed by atoms with E-state index in [0.717, 1.165) is 12.1 Å². The minimum Gasteiger partial charge on any atom is -0.324 e. The van der Waals surface area contributed by atoms with E-state index in [1.54, 1.807) is 6.92 Å². The molecule has 4 nitrogen and oxygen atoms in total. The predicted octanol–water partition coefficient (Wildman–Crippen LogP) is 3.47. The summed E-state index contributed by atoms with van der Waals surface area (Å²) in [6, 6.07) is 5.79. The van der Waals surface area contributed by atoms with Gasteiger partial charge in [0.15, 0.2) is 0 Å². The summed E-state index contributed by atoms with van der Waals surface area (Å²) in [6.45, 7) is 2.33. The fourth-order valence-corrected chi connectivity index (χ4v) is 1.56. The first-order valence-corrected chi connectivity index (χ1v) is 5.98. The topological polar surface area (TPSA) is 56.1 Å². The summed E-state index contributed by atoms with van der Waals surface area (Å²) in [5.74, 6) is 0. The van der Waals surface area contributed by atoms with Gasteiger partial charge in [-0.1, -0.05) is 6.07 Å². The van der Waals surface area contributed by atoms with Crippen molar-refractivity contribution in [3.63, 3.8) is 0 Å². The van der Waals surface area contributed by atoms with Crippen LogP contribution in [0.2, 0.25) is 0 Å². The highest BCUT2D eigenvalue weighted by atomic mass is 19.4. The molecular formula is C13H14F3N3O. The van der Waals surface area contributed by atoms with Crippen LogP contribution in [0.5, 0.6) is 0 Å². The molecule has 0 aliphatic carbocycles. The number of hydrogen-bond donors (Lipinski definition) is 1. The molecule has 0 atom stereocenters. The van der Waals surface area contributed by atoms with Gasteiger partial charge in [-0.15, -0.1) is 0 Å². The van der Waals surface area contributed by atoms with Crippen LogP contribution in [-0.4, -0.2) is 24.0 Å². The Morgan fingerprint density at radius 2 is 2.15 bits per heavy atom. The van der Waals surface area contributed by atoms with Crippen molar-refractivity contribution < 1.29 is 18.0 Å². The Morgan fingerprint density at radius 1 is 1.45 bits per heavy atom. The van der Waals surface area contributed by atoms with Gasteiger partial charge in [-0.3, -0.25) is 0 Å². The van der Waals surface area contributed by atoms with Gasteiger partial charge in [0.2, 0.25) is 0 Å². The molecule has 0 aromatic heterocycles. The zero-order chi connectivity index (χ0) is 15.2. The van der Waals surface area contributed by atoms with E-state index >= 15 is 0 Å². The monoisotopic (exact) mass is 285 g/mol. The summed E-state index contributed by atoms with van der Waals surface area (Å²) in [6.07, 6.45) is -4.28. The standard InChI is InChI=1S/C13H14F3N3O/c1-2-19(8-4-7-17)12(20)18-11-6-3-5-10(9-11)13(14,15)16/h3,5-6,9H,2,4,8H2,1H3,(H,18,20). The smallest absolute Gasteiger partial charge is 0.324 e. The fraction of sp³-hybridized carbons (Fsp3) is 0.385. The van der Waals surface area contributed by atoms with Crippen LogP contribution in [0.4, 0.5) is 23.7 Å². The van der Waals surface area contributed by atoms with E-state index in [1.807, 2.05) is 6.07 Å². The van der Waals surface area contributed by atoms with E-state index in [-0.39, 0.29) is 18.7 Å². The summed E-state index contributed by atoms with van der Waals surface area (Å²) >= 11 is 0. The van der Waals surface area contributed by atoms with E-state index in [1.165, 1.54) is 17.0 Å². The average Bonchev–Trinajstić information content (AvgIpc) is 2.39. The number of anilines is 1. The van der Waals surface area contributed by atoms with Crippen molar-refractivity contribution in [1.82, 2.24) is 4.90 Å². The first-order valence-electron chi connectivity index (χ1n) is 5.98. The van der Waals surface area contributed by atoms with Crippen LogP contribution in [0.1, 0.15) is 18.9 Å². The van der Waals surface area contributed by atoms with Crippen LogP contribution in [0, 0.1) is 11.3 Å². The lowest BCUT2D eigenvalue weighted by atomic mass is 10.2. The molecule has 0 saturated carbocycles. The lowest BCUT2D eigenvalue weighted by Crippen LogP contribution is -2.35. The molecule has 0 radical (unpaired) electrons. The third-order valence-electron chi connectivity index (χ3n) is 2.60. The molecule has 1 rings (SSSR count). The van der Waals surface area contributed by atoms with E-state index in [0.29, 0.717) is 6.54 Å². The molecule has 0 heterocycles. The van der Waals surface area contributed by atoms with Gasteiger partial charge in [-0.2, -0.15) is 18.4 Å². The Hall–Kier alpha value is -2.23. The molecule has 2 amide bonds. The summed E-state index contributed by atoms with van der Waals surface area (Å²) < 4.78 is 37.6. The second-order valence-corrected chi connectivity index (χ2v) is 4.00. The number of nitrogens with zero attached hydrogens (tertiary/aromatic N) is 2.